The molecule has 0 aliphatic rings. The summed E-state index contributed by atoms with van der Waals surface area (Å²) in [6.45, 7) is 4.15. The minimum absolute atomic E-state index is 0.868. The quantitative estimate of drug-likeness (QED) is 0.428. The molecule has 0 saturated carbocycles. The second kappa shape index (κ2) is 4.65. The summed E-state index contributed by atoms with van der Waals surface area (Å²) in [5, 5.41) is 3.74. The number of hydrazone groups is 1. The molecule has 0 bridgehead atoms. The maximum atomic E-state index is 5.25. The Balaban J connectivity index is 2.69. The summed E-state index contributed by atoms with van der Waals surface area (Å²) in [5.41, 5.74) is 3.60. The van der Waals surface area contributed by atoms with E-state index >= 15 is 0 Å². The zero-order chi connectivity index (χ0) is 9.68. The number of rotatable bonds is 3. The smallest absolute Gasteiger partial charge is 0.0416 e. The Hall–Kier alpha value is -1.31. The molecular weight excluding hydrogens is 160 g/mol. The van der Waals surface area contributed by atoms with Gasteiger partial charge in [-0.15, -0.1) is 0 Å². The molecule has 2 heteroatoms. The molecule has 0 aromatic heterocycles. The van der Waals surface area contributed by atoms with Gasteiger partial charge in [0.05, 0.1) is 0 Å². The molecule has 0 saturated heterocycles. The Labute approximate surface area is 79.5 Å². The van der Waals surface area contributed by atoms with Crippen LogP contribution in [0.1, 0.15) is 24.5 Å². The van der Waals surface area contributed by atoms with E-state index in [1.807, 2.05) is 0 Å². The van der Waals surface area contributed by atoms with Crippen LogP contribution in [0, 0.1) is 6.92 Å². The zero-order valence-electron chi connectivity index (χ0n) is 8.25. The summed E-state index contributed by atoms with van der Waals surface area (Å²) in [4.78, 5) is 0. The minimum Gasteiger partial charge on any atom is -0.323 e. The predicted octanol–water partition coefficient (Wildman–Crippen LogP) is 2.26. The zero-order valence-corrected chi connectivity index (χ0v) is 8.25. The van der Waals surface area contributed by atoms with Gasteiger partial charge in [0, 0.05) is 12.1 Å². The third kappa shape index (κ3) is 2.90. The van der Waals surface area contributed by atoms with Crippen molar-refractivity contribution in [2.24, 2.45) is 10.9 Å². The average molecular weight is 176 g/mol. The fourth-order valence-electron chi connectivity index (χ4n) is 1.20. The van der Waals surface area contributed by atoms with Gasteiger partial charge in [0.2, 0.25) is 0 Å². The van der Waals surface area contributed by atoms with Crippen molar-refractivity contribution in [3.63, 3.8) is 0 Å². The van der Waals surface area contributed by atoms with Crippen LogP contribution >= 0.6 is 0 Å². The first-order valence-electron chi connectivity index (χ1n) is 4.57. The van der Waals surface area contributed by atoms with E-state index in [-0.39, 0.29) is 0 Å². The van der Waals surface area contributed by atoms with Crippen molar-refractivity contribution in [1.82, 2.24) is 0 Å². The van der Waals surface area contributed by atoms with Crippen molar-refractivity contribution in [1.29, 1.82) is 0 Å². The van der Waals surface area contributed by atoms with E-state index in [0.717, 1.165) is 18.6 Å². The number of nitrogens with zero attached hydrogens (tertiary/aromatic N) is 1. The predicted molar refractivity (Wildman–Crippen MR) is 56.8 cm³/mol. The maximum Gasteiger partial charge on any atom is 0.0416 e. The first kappa shape index (κ1) is 9.78. The molecule has 0 unspecified atom stereocenters. The van der Waals surface area contributed by atoms with E-state index in [9.17, 15) is 0 Å². The van der Waals surface area contributed by atoms with Crippen LogP contribution in [0.25, 0.3) is 0 Å². The lowest BCUT2D eigenvalue weighted by Gasteiger charge is -2.02. The van der Waals surface area contributed by atoms with Crippen molar-refractivity contribution < 1.29 is 0 Å². The topological polar surface area (TPSA) is 38.4 Å². The fraction of sp³-hybridized carbons (Fsp3) is 0.364. The van der Waals surface area contributed by atoms with E-state index < -0.39 is 0 Å². The molecule has 2 N–H and O–H groups in total. The highest BCUT2D eigenvalue weighted by atomic mass is 15.1. The van der Waals surface area contributed by atoms with Crippen LogP contribution < -0.4 is 5.84 Å². The van der Waals surface area contributed by atoms with E-state index in [0.29, 0.717) is 0 Å². The molecule has 0 radical (unpaired) electrons. The lowest BCUT2D eigenvalue weighted by molar-refractivity contribution is 1.11. The van der Waals surface area contributed by atoms with Crippen molar-refractivity contribution in [2.75, 3.05) is 0 Å². The molecule has 0 aliphatic heterocycles. The molecule has 2 nitrogen and oxygen atoms in total. The lowest BCUT2D eigenvalue weighted by Crippen LogP contribution is -2.04. The molecular formula is C11H16N2. The molecule has 0 fully saturated rings. The first-order valence-corrected chi connectivity index (χ1v) is 4.57. The largest absolute Gasteiger partial charge is 0.323 e. The molecule has 0 heterocycles. The van der Waals surface area contributed by atoms with Crippen LogP contribution in [0.4, 0.5) is 0 Å². The summed E-state index contributed by atoms with van der Waals surface area (Å²) in [6.07, 6.45) is 1.79. The van der Waals surface area contributed by atoms with Crippen LogP contribution in [0.3, 0.4) is 0 Å². The van der Waals surface area contributed by atoms with Crippen molar-refractivity contribution in [3.05, 3.63) is 35.4 Å². The third-order valence-electron chi connectivity index (χ3n) is 2.12. The highest BCUT2D eigenvalue weighted by Crippen LogP contribution is 2.05. The van der Waals surface area contributed by atoms with Crippen molar-refractivity contribution in [3.8, 4) is 0 Å². The van der Waals surface area contributed by atoms with Gasteiger partial charge in [0.15, 0.2) is 0 Å². The summed E-state index contributed by atoms with van der Waals surface area (Å²) < 4.78 is 0. The van der Waals surface area contributed by atoms with E-state index in [2.05, 4.69) is 43.2 Å². The number of hydrogen-bond acceptors (Lipinski definition) is 2. The highest BCUT2D eigenvalue weighted by molar-refractivity contribution is 5.86. The maximum absolute atomic E-state index is 5.25. The Morgan fingerprint density at radius 2 is 1.92 bits per heavy atom. The van der Waals surface area contributed by atoms with Crippen LogP contribution in [-0.2, 0) is 6.42 Å². The molecule has 70 valence electrons. The molecule has 1 aromatic rings. The molecule has 0 spiro atoms. The summed E-state index contributed by atoms with van der Waals surface area (Å²) in [5.74, 6) is 5.25. The molecule has 0 atom stereocenters. The number of aryl methyl sites for hydroxylation is 1. The van der Waals surface area contributed by atoms with Gasteiger partial charge in [-0.1, -0.05) is 36.8 Å². The van der Waals surface area contributed by atoms with Gasteiger partial charge in [-0.2, -0.15) is 5.10 Å². The van der Waals surface area contributed by atoms with Crippen molar-refractivity contribution in [2.45, 2.75) is 26.7 Å². The van der Waals surface area contributed by atoms with E-state index in [1.165, 1.54) is 11.1 Å². The molecule has 13 heavy (non-hydrogen) atoms. The monoisotopic (exact) mass is 176 g/mol. The number of nitrogens with two attached hydrogens (primary N) is 1. The highest BCUT2D eigenvalue weighted by Gasteiger charge is 1.97. The first-order chi connectivity index (χ1) is 6.26. The summed E-state index contributed by atoms with van der Waals surface area (Å²) in [7, 11) is 0. The van der Waals surface area contributed by atoms with Gasteiger partial charge < -0.3 is 5.84 Å². The molecule has 0 aliphatic carbocycles. The minimum atomic E-state index is 0.868. The second-order valence-corrected chi connectivity index (χ2v) is 3.21. The van der Waals surface area contributed by atoms with E-state index in [4.69, 9.17) is 5.84 Å². The van der Waals surface area contributed by atoms with Gasteiger partial charge in [-0.05, 0) is 18.9 Å². The normalized spacial score (nSPS) is 11.7. The Morgan fingerprint density at radius 1 is 1.31 bits per heavy atom. The summed E-state index contributed by atoms with van der Waals surface area (Å²) in [6, 6.07) is 8.46. The SMILES string of the molecule is CC/C(Cc1ccc(C)cc1)=N/N. The van der Waals surface area contributed by atoms with Crippen LogP contribution in [-0.4, -0.2) is 5.71 Å². The van der Waals surface area contributed by atoms with Gasteiger partial charge >= 0.3 is 0 Å². The van der Waals surface area contributed by atoms with Crippen molar-refractivity contribution >= 4 is 5.71 Å². The third-order valence-corrected chi connectivity index (χ3v) is 2.12. The van der Waals surface area contributed by atoms with Crippen LogP contribution in [0.15, 0.2) is 29.4 Å². The Morgan fingerprint density at radius 3 is 2.38 bits per heavy atom. The summed E-state index contributed by atoms with van der Waals surface area (Å²) >= 11 is 0. The molecule has 0 amide bonds. The van der Waals surface area contributed by atoms with Gasteiger partial charge in [0.25, 0.3) is 0 Å². The Kier molecular flexibility index (Phi) is 3.50. The molecule has 1 rings (SSSR count). The van der Waals surface area contributed by atoms with Gasteiger partial charge in [-0.25, -0.2) is 0 Å². The lowest BCUT2D eigenvalue weighted by atomic mass is 10.1. The molecule has 1 aromatic carbocycles. The van der Waals surface area contributed by atoms with Gasteiger partial charge in [0.1, 0.15) is 0 Å². The van der Waals surface area contributed by atoms with Gasteiger partial charge in [-0.3, -0.25) is 0 Å². The van der Waals surface area contributed by atoms with Crippen LogP contribution in [0.5, 0.6) is 0 Å². The van der Waals surface area contributed by atoms with E-state index in [1.54, 1.807) is 0 Å². The standard InChI is InChI=1S/C11H16N2/c1-3-11(13-12)8-10-6-4-9(2)5-7-10/h4-7H,3,8,12H2,1-2H3/b13-11-. The average Bonchev–Trinajstić information content (AvgIpc) is 2.17. The fourth-order valence-corrected chi connectivity index (χ4v) is 1.20. The second-order valence-electron chi connectivity index (χ2n) is 3.21. The number of benzene rings is 1. The number of hydrogen-bond donors (Lipinski definition) is 1. The van der Waals surface area contributed by atoms with Crippen LogP contribution in [0.2, 0.25) is 0 Å². The Bertz CT molecular complexity index is 285.